The second kappa shape index (κ2) is 5.79. The third kappa shape index (κ3) is 3.61. The van der Waals surface area contributed by atoms with Gasteiger partial charge in [-0.1, -0.05) is 0 Å². The number of alkyl halides is 3. The number of hydrogen-bond acceptors (Lipinski definition) is 3. The molecule has 1 aliphatic rings. The zero-order valence-electron chi connectivity index (χ0n) is 10.3. The Kier molecular flexibility index (Phi) is 4.31. The van der Waals surface area contributed by atoms with Gasteiger partial charge in [0, 0.05) is 12.5 Å². The molecule has 19 heavy (non-hydrogen) atoms. The van der Waals surface area contributed by atoms with Crippen molar-refractivity contribution in [2.45, 2.75) is 18.7 Å². The van der Waals surface area contributed by atoms with Crippen molar-refractivity contribution in [3.63, 3.8) is 0 Å². The van der Waals surface area contributed by atoms with Gasteiger partial charge >= 0.3 is 6.18 Å². The zero-order valence-corrected chi connectivity index (χ0v) is 10.3. The first-order valence-corrected chi connectivity index (χ1v) is 6.16. The summed E-state index contributed by atoms with van der Waals surface area (Å²) in [5, 5.41) is 12.5. The van der Waals surface area contributed by atoms with Crippen molar-refractivity contribution in [3.8, 4) is 5.75 Å². The molecule has 1 heterocycles. The number of aliphatic hydroxyl groups excluding tert-OH is 1. The fraction of sp³-hybridized carbons (Fsp3) is 0.538. The van der Waals surface area contributed by atoms with Gasteiger partial charge in [-0.05, 0) is 37.2 Å². The molecule has 0 amide bonds. The van der Waals surface area contributed by atoms with E-state index in [2.05, 4.69) is 5.32 Å². The summed E-state index contributed by atoms with van der Waals surface area (Å²) in [4.78, 5) is 0. The first-order valence-electron chi connectivity index (χ1n) is 6.16. The molecule has 1 saturated heterocycles. The second-order valence-corrected chi connectivity index (χ2v) is 4.61. The molecular weight excluding hydrogens is 259 g/mol. The van der Waals surface area contributed by atoms with Gasteiger partial charge in [-0.2, -0.15) is 13.2 Å². The number of benzene rings is 1. The Morgan fingerprint density at radius 2 is 2.00 bits per heavy atom. The predicted octanol–water partition coefficient (Wildman–Crippen LogP) is 2.05. The Balaban J connectivity index is 2.01. The van der Waals surface area contributed by atoms with Crippen molar-refractivity contribution in [2.75, 3.05) is 19.7 Å². The first-order chi connectivity index (χ1) is 9.00. The Morgan fingerprint density at radius 3 is 2.47 bits per heavy atom. The molecule has 0 bridgehead atoms. The molecule has 6 heteroatoms. The molecule has 2 atom stereocenters. The van der Waals surface area contributed by atoms with Crippen molar-refractivity contribution in [1.29, 1.82) is 0 Å². The number of rotatable bonds is 4. The summed E-state index contributed by atoms with van der Waals surface area (Å²) in [6.07, 6.45) is -3.83. The summed E-state index contributed by atoms with van der Waals surface area (Å²) in [6.45, 7) is 1.48. The highest BCUT2D eigenvalue weighted by atomic mass is 19.4. The average Bonchev–Trinajstić information content (AvgIpc) is 2.89. The lowest BCUT2D eigenvalue weighted by Crippen LogP contribution is -2.32. The van der Waals surface area contributed by atoms with E-state index in [0.717, 1.165) is 31.6 Å². The van der Waals surface area contributed by atoms with E-state index in [1.54, 1.807) is 0 Å². The molecule has 0 radical (unpaired) electrons. The quantitative estimate of drug-likeness (QED) is 0.883. The lowest BCUT2D eigenvalue weighted by atomic mass is 10.0. The van der Waals surface area contributed by atoms with Crippen LogP contribution >= 0.6 is 0 Å². The van der Waals surface area contributed by atoms with E-state index >= 15 is 0 Å². The average molecular weight is 275 g/mol. The number of aliphatic hydroxyl groups is 1. The van der Waals surface area contributed by atoms with E-state index in [1.807, 2.05) is 0 Å². The number of ether oxygens (including phenoxy) is 1. The molecule has 106 valence electrons. The van der Waals surface area contributed by atoms with E-state index < -0.39 is 11.7 Å². The molecular formula is C13H16F3NO2. The molecule has 0 aliphatic carbocycles. The molecule has 2 rings (SSSR count). The van der Waals surface area contributed by atoms with Crippen LogP contribution in [-0.4, -0.2) is 30.9 Å². The zero-order chi connectivity index (χ0) is 13.9. The Morgan fingerprint density at radius 1 is 1.32 bits per heavy atom. The molecule has 1 aromatic carbocycles. The summed E-state index contributed by atoms with van der Waals surface area (Å²) in [6, 6.07) is 4.54. The van der Waals surface area contributed by atoms with Crippen molar-refractivity contribution in [2.24, 2.45) is 5.92 Å². The maximum atomic E-state index is 12.4. The normalized spacial score (nSPS) is 21.4. The van der Waals surface area contributed by atoms with E-state index in [-0.39, 0.29) is 18.6 Å². The summed E-state index contributed by atoms with van der Waals surface area (Å²) < 4.78 is 42.8. The SMILES string of the molecule is OC[C@@H](Oc1ccc(C(F)(F)F)cc1)[C@H]1CCNC1. The first kappa shape index (κ1) is 14.1. The number of hydrogen-bond donors (Lipinski definition) is 2. The molecule has 2 N–H and O–H groups in total. The van der Waals surface area contributed by atoms with Crippen LogP contribution in [0.4, 0.5) is 13.2 Å². The minimum Gasteiger partial charge on any atom is -0.488 e. The molecule has 1 aromatic rings. The fourth-order valence-electron chi connectivity index (χ4n) is 2.17. The molecule has 1 aliphatic heterocycles. The van der Waals surface area contributed by atoms with Gasteiger partial charge in [0.25, 0.3) is 0 Å². The summed E-state index contributed by atoms with van der Waals surface area (Å²) in [5.74, 6) is 0.534. The highest BCUT2D eigenvalue weighted by Gasteiger charge is 2.30. The minimum atomic E-state index is -4.34. The van der Waals surface area contributed by atoms with Crippen LogP contribution in [0.5, 0.6) is 5.75 Å². The molecule has 3 nitrogen and oxygen atoms in total. The van der Waals surface area contributed by atoms with Gasteiger partial charge in [-0.25, -0.2) is 0 Å². The van der Waals surface area contributed by atoms with Crippen molar-refractivity contribution >= 4 is 0 Å². The summed E-state index contributed by atoms with van der Waals surface area (Å²) >= 11 is 0. The van der Waals surface area contributed by atoms with Gasteiger partial charge in [0.05, 0.1) is 12.2 Å². The Hall–Kier alpha value is -1.27. The topological polar surface area (TPSA) is 41.5 Å². The van der Waals surface area contributed by atoms with E-state index in [9.17, 15) is 18.3 Å². The lowest BCUT2D eigenvalue weighted by Gasteiger charge is -2.22. The molecule has 0 unspecified atom stereocenters. The summed E-state index contributed by atoms with van der Waals surface area (Å²) in [5.41, 5.74) is -0.706. The van der Waals surface area contributed by atoms with Gasteiger partial charge in [0.15, 0.2) is 0 Å². The van der Waals surface area contributed by atoms with Gasteiger partial charge in [-0.3, -0.25) is 0 Å². The van der Waals surface area contributed by atoms with E-state index in [1.165, 1.54) is 12.1 Å². The van der Waals surface area contributed by atoms with Crippen LogP contribution in [0.25, 0.3) is 0 Å². The lowest BCUT2D eigenvalue weighted by molar-refractivity contribution is -0.137. The Bertz CT molecular complexity index is 399. The third-order valence-corrected chi connectivity index (χ3v) is 3.27. The summed E-state index contributed by atoms with van der Waals surface area (Å²) in [7, 11) is 0. The van der Waals surface area contributed by atoms with Gasteiger partial charge in [0.2, 0.25) is 0 Å². The van der Waals surface area contributed by atoms with Gasteiger partial charge < -0.3 is 15.2 Å². The third-order valence-electron chi connectivity index (χ3n) is 3.27. The maximum Gasteiger partial charge on any atom is 0.416 e. The van der Waals surface area contributed by atoms with Crippen LogP contribution in [-0.2, 0) is 6.18 Å². The van der Waals surface area contributed by atoms with Crippen LogP contribution in [0, 0.1) is 5.92 Å². The highest BCUT2D eigenvalue weighted by molar-refractivity contribution is 5.29. The molecule has 1 fully saturated rings. The van der Waals surface area contributed by atoms with Crippen LogP contribution in [0.2, 0.25) is 0 Å². The van der Waals surface area contributed by atoms with Crippen LogP contribution in [0.1, 0.15) is 12.0 Å². The Labute approximate surface area is 109 Å². The van der Waals surface area contributed by atoms with E-state index in [4.69, 9.17) is 4.74 Å². The van der Waals surface area contributed by atoms with E-state index in [0.29, 0.717) is 5.75 Å². The van der Waals surface area contributed by atoms with Crippen molar-refractivity contribution in [1.82, 2.24) is 5.32 Å². The smallest absolute Gasteiger partial charge is 0.416 e. The fourth-order valence-corrected chi connectivity index (χ4v) is 2.17. The van der Waals surface area contributed by atoms with Crippen LogP contribution < -0.4 is 10.1 Å². The van der Waals surface area contributed by atoms with Crippen molar-refractivity contribution in [3.05, 3.63) is 29.8 Å². The highest BCUT2D eigenvalue weighted by Crippen LogP contribution is 2.30. The molecule has 0 aromatic heterocycles. The van der Waals surface area contributed by atoms with Gasteiger partial charge in [-0.15, -0.1) is 0 Å². The molecule has 0 spiro atoms. The minimum absolute atomic E-state index is 0.145. The van der Waals surface area contributed by atoms with Crippen LogP contribution in [0.15, 0.2) is 24.3 Å². The number of halogens is 3. The second-order valence-electron chi connectivity index (χ2n) is 4.61. The predicted molar refractivity (Wildman–Crippen MR) is 63.9 cm³/mol. The largest absolute Gasteiger partial charge is 0.488 e. The monoisotopic (exact) mass is 275 g/mol. The standard InChI is InChI=1S/C13H16F3NO2/c14-13(15,16)10-1-3-11(4-2-10)19-12(8-18)9-5-6-17-7-9/h1-4,9,12,17-18H,5-8H2/t9-,12+/m0/s1. The molecule has 0 saturated carbocycles. The van der Waals surface area contributed by atoms with Crippen LogP contribution in [0.3, 0.4) is 0 Å². The van der Waals surface area contributed by atoms with Crippen molar-refractivity contribution < 1.29 is 23.0 Å². The maximum absolute atomic E-state index is 12.4. The van der Waals surface area contributed by atoms with Gasteiger partial charge in [0.1, 0.15) is 11.9 Å². The number of nitrogens with one attached hydrogen (secondary N) is 1.